The summed E-state index contributed by atoms with van der Waals surface area (Å²) < 4.78 is 1.19. The first kappa shape index (κ1) is 19.2. The number of H-pyrrole nitrogens is 1. The quantitative estimate of drug-likeness (QED) is 0.409. The smallest absolute Gasteiger partial charge is 0.337 e. The number of nitrogens with two attached hydrogens (primary N) is 1. The van der Waals surface area contributed by atoms with Gasteiger partial charge in [0.2, 0.25) is 0 Å². The molecule has 0 unspecified atom stereocenters. The van der Waals surface area contributed by atoms with Crippen molar-refractivity contribution >= 4 is 44.3 Å². The van der Waals surface area contributed by atoms with Crippen LogP contribution < -0.4 is 5.73 Å². The Morgan fingerprint density at radius 2 is 1.70 bits per heavy atom. The number of hydrogen-bond acceptors (Lipinski definition) is 6. The van der Waals surface area contributed by atoms with E-state index in [1.54, 1.807) is 29.8 Å². The zero-order valence-electron chi connectivity index (χ0n) is 15.4. The summed E-state index contributed by atoms with van der Waals surface area (Å²) in [5.74, 6) is -1.33. The predicted octanol–water partition coefficient (Wildman–Crippen LogP) is 3.72. The number of aromatic carboxylic acids is 1. The first-order valence-electron chi connectivity index (χ1n) is 8.79. The summed E-state index contributed by atoms with van der Waals surface area (Å²) in [5, 5.41) is 12.5. The number of imidazole rings is 1. The van der Waals surface area contributed by atoms with E-state index in [-0.39, 0.29) is 11.4 Å². The Bertz CT molecular complexity index is 1360. The van der Waals surface area contributed by atoms with Gasteiger partial charge in [0.05, 0.1) is 11.1 Å². The van der Waals surface area contributed by atoms with Crippen molar-refractivity contribution in [2.24, 2.45) is 5.73 Å². The second kappa shape index (κ2) is 8.10. The van der Waals surface area contributed by atoms with Gasteiger partial charge in [-0.1, -0.05) is 24.3 Å². The number of primary amides is 1. The van der Waals surface area contributed by atoms with Gasteiger partial charge in [0.1, 0.15) is 5.52 Å². The number of carbonyl (C=O) groups is 2. The van der Waals surface area contributed by atoms with E-state index in [2.05, 4.69) is 37.4 Å². The van der Waals surface area contributed by atoms with Crippen LogP contribution in [0.4, 0.5) is 0 Å². The number of nitrogens with one attached hydrogen (secondary N) is 1. The van der Waals surface area contributed by atoms with Crippen molar-refractivity contribution in [3.05, 3.63) is 78.0 Å². The molecule has 0 aliphatic heterocycles. The summed E-state index contributed by atoms with van der Waals surface area (Å²) >= 11 is 1.66. The molecule has 0 fully saturated rings. The summed E-state index contributed by atoms with van der Waals surface area (Å²) in [4.78, 5) is 36.3. The van der Waals surface area contributed by atoms with Crippen LogP contribution in [0.15, 0.2) is 66.6 Å². The van der Waals surface area contributed by atoms with Crippen molar-refractivity contribution in [2.75, 3.05) is 0 Å². The number of aromatic nitrogens is 4. The van der Waals surface area contributed by atoms with Crippen LogP contribution in [0.1, 0.15) is 21.0 Å². The highest BCUT2D eigenvalue weighted by Gasteiger charge is 2.16. The third kappa shape index (κ3) is 3.61. The lowest BCUT2D eigenvalue weighted by atomic mass is 10.0. The number of hydrogen-bond donors (Lipinski definition) is 3. The van der Waals surface area contributed by atoms with Crippen LogP contribution >= 0.6 is 11.3 Å². The van der Waals surface area contributed by atoms with Crippen molar-refractivity contribution in [1.82, 2.24) is 19.9 Å². The molecule has 0 aliphatic carbocycles. The van der Waals surface area contributed by atoms with E-state index in [1.165, 1.54) is 17.1 Å². The first-order chi connectivity index (χ1) is 14.6. The van der Waals surface area contributed by atoms with Gasteiger partial charge in [0.25, 0.3) is 5.91 Å². The Balaban J connectivity index is 0.000000230. The molecule has 8 nitrogen and oxygen atoms in total. The molecule has 3 aromatic heterocycles. The van der Waals surface area contributed by atoms with Crippen LogP contribution in [-0.4, -0.2) is 36.9 Å². The van der Waals surface area contributed by atoms with Crippen LogP contribution in [0, 0.1) is 0 Å². The van der Waals surface area contributed by atoms with Crippen LogP contribution in [0.5, 0.6) is 0 Å². The third-order valence-electron chi connectivity index (χ3n) is 4.36. The summed E-state index contributed by atoms with van der Waals surface area (Å²) in [6, 6.07) is 11.6. The molecule has 0 spiro atoms. The molecular weight excluding hydrogens is 402 g/mol. The van der Waals surface area contributed by atoms with Gasteiger partial charge in [-0.05, 0) is 17.5 Å². The number of thiophene rings is 1. The lowest BCUT2D eigenvalue weighted by molar-refractivity contribution is 0.0698. The van der Waals surface area contributed by atoms with Crippen molar-refractivity contribution in [3.63, 3.8) is 0 Å². The molecule has 2 aromatic carbocycles. The third-order valence-corrected chi connectivity index (χ3v) is 5.32. The van der Waals surface area contributed by atoms with E-state index in [9.17, 15) is 14.7 Å². The molecule has 5 rings (SSSR count). The minimum atomic E-state index is -0.993. The average molecular weight is 417 g/mol. The molecule has 0 aliphatic rings. The first-order valence-corrected chi connectivity index (χ1v) is 9.67. The largest absolute Gasteiger partial charge is 0.478 e. The Kier molecular flexibility index (Phi) is 5.19. The van der Waals surface area contributed by atoms with Gasteiger partial charge < -0.3 is 15.8 Å². The number of nitrogens with zero attached hydrogens (tertiary/aromatic N) is 3. The lowest BCUT2D eigenvalue weighted by Crippen LogP contribution is -2.12. The SMILES string of the molecule is NC(=O)c1ncc[nH]1.O=C(O)c1ccc(-c2csc3ccccc23)c2nccnc12. The summed E-state index contributed by atoms with van der Waals surface area (Å²) in [6.45, 7) is 0. The van der Waals surface area contributed by atoms with Crippen LogP contribution in [-0.2, 0) is 0 Å². The second-order valence-corrected chi connectivity index (χ2v) is 7.08. The van der Waals surface area contributed by atoms with Crippen LogP contribution in [0.2, 0.25) is 0 Å². The topological polar surface area (TPSA) is 135 Å². The standard InChI is InChI=1S/C17H10N2O2S.C4H5N3O/c20-17(21)12-6-5-11(15-16(12)19-8-7-18-15)13-9-22-14-4-2-1-3-10(13)14;5-3(8)4-6-1-2-7-4/h1-9H,(H,20,21);1-2H,(H2,5,8)(H,6,7). The van der Waals surface area contributed by atoms with E-state index in [4.69, 9.17) is 5.73 Å². The highest BCUT2D eigenvalue weighted by atomic mass is 32.1. The minimum Gasteiger partial charge on any atom is -0.478 e. The maximum atomic E-state index is 11.4. The van der Waals surface area contributed by atoms with Crippen LogP contribution in [0.3, 0.4) is 0 Å². The van der Waals surface area contributed by atoms with Gasteiger partial charge >= 0.3 is 5.97 Å². The summed E-state index contributed by atoms with van der Waals surface area (Å²) in [5.41, 5.74) is 8.00. The second-order valence-electron chi connectivity index (χ2n) is 6.17. The number of fused-ring (bicyclic) bond motifs is 2. The van der Waals surface area contributed by atoms with Gasteiger partial charge in [-0.3, -0.25) is 14.8 Å². The van der Waals surface area contributed by atoms with E-state index < -0.39 is 11.9 Å². The molecule has 3 heterocycles. The summed E-state index contributed by atoms with van der Waals surface area (Å²) in [6.07, 6.45) is 6.12. The molecule has 148 valence electrons. The molecule has 9 heteroatoms. The van der Waals surface area contributed by atoms with Crippen LogP contribution in [0.25, 0.3) is 32.2 Å². The Morgan fingerprint density at radius 1 is 0.933 bits per heavy atom. The monoisotopic (exact) mass is 417 g/mol. The van der Waals surface area contributed by atoms with E-state index in [0.29, 0.717) is 11.0 Å². The number of aromatic amines is 1. The number of carboxylic acid groups (broad SMARTS) is 1. The maximum absolute atomic E-state index is 11.4. The molecule has 1 amide bonds. The fourth-order valence-corrected chi connectivity index (χ4v) is 3.99. The molecule has 0 radical (unpaired) electrons. The van der Waals surface area contributed by atoms with Gasteiger partial charge in [-0.25, -0.2) is 9.78 Å². The fourth-order valence-electron chi connectivity index (χ4n) is 3.03. The van der Waals surface area contributed by atoms with Gasteiger partial charge in [-0.2, -0.15) is 0 Å². The number of carboxylic acids is 1. The molecular formula is C21H15N5O3S. The number of amides is 1. The number of benzene rings is 2. The van der Waals surface area contributed by atoms with E-state index in [0.717, 1.165) is 16.5 Å². The maximum Gasteiger partial charge on any atom is 0.337 e. The zero-order chi connectivity index (χ0) is 21.1. The van der Waals surface area contributed by atoms with Crippen molar-refractivity contribution < 1.29 is 14.7 Å². The molecule has 0 saturated heterocycles. The normalized spacial score (nSPS) is 10.5. The molecule has 30 heavy (non-hydrogen) atoms. The van der Waals surface area contributed by atoms with E-state index >= 15 is 0 Å². The molecule has 0 bridgehead atoms. The minimum absolute atomic E-state index is 0.173. The van der Waals surface area contributed by atoms with Gasteiger partial charge in [0.15, 0.2) is 5.82 Å². The fraction of sp³-hybridized carbons (Fsp3) is 0. The Morgan fingerprint density at radius 3 is 2.37 bits per heavy atom. The summed E-state index contributed by atoms with van der Waals surface area (Å²) in [7, 11) is 0. The average Bonchev–Trinajstić information content (AvgIpc) is 3.44. The number of rotatable bonds is 3. The van der Waals surface area contributed by atoms with Crippen molar-refractivity contribution in [3.8, 4) is 11.1 Å². The van der Waals surface area contributed by atoms with Crippen molar-refractivity contribution in [1.29, 1.82) is 0 Å². The van der Waals surface area contributed by atoms with Crippen molar-refractivity contribution in [2.45, 2.75) is 0 Å². The zero-order valence-corrected chi connectivity index (χ0v) is 16.3. The lowest BCUT2D eigenvalue weighted by Gasteiger charge is -2.07. The van der Waals surface area contributed by atoms with Gasteiger partial charge in [0, 0.05) is 46.0 Å². The molecule has 0 saturated carbocycles. The Hall–Kier alpha value is -4.11. The highest BCUT2D eigenvalue weighted by molar-refractivity contribution is 7.17. The Labute approximate surface area is 174 Å². The molecule has 0 atom stereocenters. The van der Waals surface area contributed by atoms with Gasteiger partial charge in [-0.15, -0.1) is 11.3 Å². The van der Waals surface area contributed by atoms with E-state index in [1.807, 2.05) is 18.2 Å². The predicted molar refractivity (Wildman–Crippen MR) is 114 cm³/mol. The molecule has 5 aromatic rings. The number of carbonyl (C=O) groups excluding carboxylic acids is 1. The highest BCUT2D eigenvalue weighted by Crippen LogP contribution is 2.37. The molecule has 4 N–H and O–H groups in total.